The highest BCUT2D eigenvalue weighted by molar-refractivity contribution is 5.84. The Morgan fingerprint density at radius 3 is 2.62 bits per heavy atom. The summed E-state index contributed by atoms with van der Waals surface area (Å²) in [5.41, 5.74) is 1.76. The van der Waals surface area contributed by atoms with Crippen molar-refractivity contribution >= 4 is 28.8 Å². The van der Waals surface area contributed by atoms with E-state index in [1.54, 1.807) is 0 Å². The van der Waals surface area contributed by atoms with Gasteiger partial charge < -0.3 is 24.8 Å². The summed E-state index contributed by atoms with van der Waals surface area (Å²) in [6.45, 7) is 7.73. The maximum absolute atomic E-state index is 11.9. The van der Waals surface area contributed by atoms with Crippen LogP contribution in [0.15, 0.2) is 6.33 Å². The molecule has 1 aliphatic carbocycles. The van der Waals surface area contributed by atoms with Gasteiger partial charge in [-0.3, -0.25) is 9.69 Å². The fourth-order valence-corrected chi connectivity index (χ4v) is 5.31. The lowest BCUT2D eigenvalue weighted by molar-refractivity contribution is -0.127. The van der Waals surface area contributed by atoms with Crippen LogP contribution in [0.4, 0.5) is 11.8 Å². The number of carbonyl (C=O) groups is 1. The summed E-state index contributed by atoms with van der Waals surface area (Å²) in [5.74, 6) is 1.71. The second kappa shape index (κ2) is 11.3. The molecule has 3 fully saturated rings. The molecule has 0 atom stereocenters. The van der Waals surface area contributed by atoms with E-state index in [1.807, 2.05) is 11.2 Å². The lowest BCUT2D eigenvalue weighted by Gasteiger charge is -2.26. The van der Waals surface area contributed by atoms with Gasteiger partial charge in [-0.15, -0.1) is 0 Å². The molecule has 2 aromatic heterocycles. The molecule has 10 nitrogen and oxygen atoms in total. The van der Waals surface area contributed by atoms with E-state index in [0.29, 0.717) is 18.4 Å². The van der Waals surface area contributed by atoms with Crippen molar-refractivity contribution in [3.8, 4) is 0 Å². The average molecular weight is 471 g/mol. The number of hydrogen-bond acceptors (Lipinski definition) is 8. The number of ether oxygens (including phenoxy) is 1. The second-order valence-corrected chi connectivity index (χ2v) is 9.66. The number of fused-ring (bicyclic) bond motifs is 1. The summed E-state index contributed by atoms with van der Waals surface area (Å²) >= 11 is 0. The molecule has 2 saturated heterocycles. The van der Waals surface area contributed by atoms with Crippen molar-refractivity contribution in [2.45, 2.75) is 57.4 Å². The Morgan fingerprint density at radius 1 is 0.971 bits per heavy atom. The SMILES string of the molecule is O=C1CCCN1CCCNc1nc(NCCN2CCOCC2)c2ncn(C3CCCCC3)c2n1. The van der Waals surface area contributed by atoms with Crippen LogP contribution in [-0.2, 0) is 9.53 Å². The van der Waals surface area contributed by atoms with Gasteiger partial charge >= 0.3 is 0 Å². The average Bonchev–Trinajstić information content (AvgIpc) is 3.49. The van der Waals surface area contributed by atoms with Gasteiger partial charge in [0.05, 0.1) is 19.5 Å². The molecule has 2 aliphatic heterocycles. The quantitative estimate of drug-likeness (QED) is 0.511. The molecule has 5 rings (SSSR count). The van der Waals surface area contributed by atoms with Gasteiger partial charge in [0.15, 0.2) is 17.0 Å². The Labute approximate surface area is 201 Å². The Hall–Kier alpha value is -2.46. The summed E-state index contributed by atoms with van der Waals surface area (Å²) in [6, 6.07) is 0.462. The van der Waals surface area contributed by atoms with Gasteiger partial charge in [0.1, 0.15) is 0 Å². The molecular weight excluding hydrogens is 432 g/mol. The molecule has 4 heterocycles. The zero-order valence-corrected chi connectivity index (χ0v) is 20.2. The summed E-state index contributed by atoms with van der Waals surface area (Å²) in [4.78, 5) is 30.6. The lowest BCUT2D eigenvalue weighted by atomic mass is 9.95. The number of aromatic nitrogens is 4. The van der Waals surface area contributed by atoms with E-state index < -0.39 is 0 Å². The number of nitrogens with one attached hydrogen (secondary N) is 2. The highest BCUT2D eigenvalue weighted by atomic mass is 16.5. The van der Waals surface area contributed by atoms with Crippen LogP contribution < -0.4 is 10.6 Å². The van der Waals surface area contributed by atoms with E-state index >= 15 is 0 Å². The molecule has 0 radical (unpaired) electrons. The number of amides is 1. The minimum absolute atomic E-state index is 0.279. The third kappa shape index (κ3) is 5.60. The zero-order valence-electron chi connectivity index (χ0n) is 20.2. The molecule has 10 heteroatoms. The van der Waals surface area contributed by atoms with Crippen LogP contribution in [0, 0.1) is 0 Å². The second-order valence-electron chi connectivity index (χ2n) is 9.66. The number of anilines is 2. The minimum Gasteiger partial charge on any atom is -0.379 e. The summed E-state index contributed by atoms with van der Waals surface area (Å²) in [5, 5.41) is 6.94. The summed E-state index contributed by atoms with van der Waals surface area (Å²) in [7, 11) is 0. The van der Waals surface area contributed by atoms with Crippen LogP contribution in [0.1, 0.15) is 57.4 Å². The van der Waals surface area contributed by atoms with Crippen molar-refractivity contribution in [1.29, 1.82) is 0 Å². The molecular formula is C24H38N8O2. The van der Waals surface area contributed by atoms with E-state index in [-0.39, 0.29) is 5.91 Å². The molecule has 1 amide bonds. The maximum atomic E-state index is 11.9. The molecule has 0 bridgehead atoms. The Kier molecular flexibility index (Phi) is 7.75. The van der Waals surface area contributed by atoms with E-state index in [0.717, 1.165) is 88.9 Å². The van der Waals surface area contributed by atoms with Crippen molar-refractivity contribution in [2.24, 2.45) is 0 Å². The zero-order chi connectivity index (χ0) is 23.2. The molecule has 3 aliphatic rings. The normalized spacial score (nSPS) is 20.4. The summed E-state index contributed by atoms with van der Waals surface area (Å²) < 4.78 is 7.72. The molecule has 34 heavy (non-hydrogen) atoms. The maximum Gasteiger partial charge on any atom is 0.226 e. The van der Waals surface area contributed by atoms with Crippen molar-refractivity contribution in [1.82, 2.24) is 29.3 Å². The van der Waals surface area contributed by atoms with Gasteiger partial charge in [-0.05, 0) is 25.7 Å². The van der Waals surface area contributed by atoms with Crippen LogP contribution in [0.25, 0.3) is 11.2 Å². The van der Waals surface area contributed by atoms with E-state index in [2.05, 4.69) is 20.1 Å². The van der Waals surface area contributed by atoms with Crippen LogP contribution in [0.2, 0.25) is 0 Å². The number of morpholine rings is 1. The number of rotatable bonds is 10. The Bertz CT molecular complexity index is 952. The third-order valence-corrected chi connectivity index (χ3v) is 7.27. The predicted octanol–water partition coefficient (Wildman–Crippen LogP) is 2.50. The molecule has 0 spiro atoms. The number of carbonyl (C=O) groups excluding carboxylic acids is 1. The first-order chi connectivity index (χ1) is 16.8. The number of hydrogen-bond donors (Lipinski definition) is 2. The number of imidazole rings is 1. The molecule has 1 saturated carbocycles. The van der Waals surface area contributed by atoms with Crippen molar-refractivity contribution in [3.63, 3.8) is 0 Å². The fourth-order valence-electron chi connectivity index (χ4n) is 5.31. The van der Waals surface area contributed by atoms with Crippen LogP contribution in [-0.4, -0.2) is 94.3 Å². The lowest BCUT2D eigenvalue weighted by Crippen LogP contribution is -2.39. The fraction of sp³-hybridized carbons (Fsp3) is 0.750. The minimum atomic E-state index is 0.279. The molecule has 2 aromatic rings. The smallest absolute Gasteiger partial charge is 0.226 e. The number of nitrogens with zero attached hydrogens (tertiary/aromatic N) is 6. The largest absolute Gasteiger partial charge is 0.379 e. The van der Waals surface area contributed by atoms with Crippen LogP contribution in [0.5, 0.6) is 0 Å². The van der Waals surface area contributed by atoms with Crippen molar-refractivity contribution in [2.75, 3.05) is 69.7 Å². The van der Waals surface area contributed by atoms with E-state index in [1.165, 1.54) is 32.1 Å². The first kappa shape index (κ1) is 23.3. The van der Waals surface area contributed by atoms with Gasteiger partial charge in [0.2, 0.25) is 11.9 Å². The highest BCUT2D eigenvalue weighted by Gasteiger charge is 2.22. The van der Waals surface area contributed by atoms with Gasteiger partial charge in [0.25, 0.3) is 0 Å². The Balaban J connectivity index is 1.27. The monoisotopic (exact) mass is 470 g/mol. The standard InChI is InChI=1S/C24H38N8O2/c33-20-8-4-11-31(20)12-5-9-26-24-28-22(25-10-13-30-14-16-34-17-15-30)21-23(29-24)32(18-27-21)19-6-2-1-3-7-19/h18-19H,1-17H2,(H2,25,26,28,29). The van der Waals surface area contributed by atoms with Crippen LogP contribution in [0.3, 0.4) is 0 Å². The topological polar surface area (TPSA) is 100 Å². The van der Waals surface area contributed by atoms with Gasteiger partial charge in [-0.2, -0.15) is 9.97 Å². The molecule has 0 unspecified atom stereocenters. The first-order valence-electron chi connectivity index (χ1n) is 13.1. The van der Waals surface area contributed by atoms with Gasteiger partial charge in [-0.25, -0.2) is 4.98 Å². The first-order valence-corrected chi connectivity index (χ1v) is 13.1. The number of likely N-dealkylation sites (tertiary alicyclic amines) is 1. The molecule has 0 aromatic carbocycles. The van der Waals surface area contributed by atoms with E-state index in [9.17, 15) is 4.79 Å². The molecule has 186 valence electrons. The van der Waals surface area contributed by atoms with Gasteiger partial charge in [0, 0.05) is 58.3 Å². The van der Waals surface area contributed by atoms with Crippen LogP contribution >= 0.6 is 0 Å². The van der Waals surface area contributed by atoms with Gasteiger partial charge in [-0.1, -0.05) is 19.3 Å². The van der Waals surface area contributed by atoms with E-state index in [4.69, 9.17) is 19.7 Å². The summed E-state index contributed by atoms with van der Waals surface area (Å²) in [6.07, 6.45) is 10.7. The van der Waals surface area contributed by atoms with Crippen molar-refractivity contribution < 1.29 is 9.53 Å². The molecule has 2 N–H and O–H groups in total. The predicted molar refractivity (Wildman–Crippen MR) is 132 cm³/mol. The Morgan fingerprint density at radius 2 is 1.82 bits per heavy atom. The highest BCUT2D eigenvalue weighted by Crippen LogP contribution is 2.32. The third-order valence-electron chi connectivity index (χ3n) is 7.27. The van der Waals surface area contributed by atoms with Crippen molar-refractivity contribution in [3.05, 3.63) is 6.33 Å².